The third kappa shape index (κ3) is 3.18. The Balaban J connectivity index is 1.54. The van der Waals surface area contributed by atoms with Gasteiger partial charge in [-0.1, -0.05) is 30.3 Å². The predicted octanol–water partition coefficient (Wildman–Crippen LogP) is 1.71. The van der Waals surface area contributed by atoms with Gasteiger partial charge >= 0.3 is 0 Å². The molecule has 26 heavy (non-hydrogen) atoms. The topological polar surface area (TPSA) is 63.7 Å². The lowest BCUT2D eigenvalue weighted by Crippen LogP contribution is -2.66. The number of nitrogens with one attached hydrogen (secondary N) is 1. The highest BCUT2D eigenvalue weighted by atomic mass is 16.5. The summed E-state index contributed by atoms with van der Waals surface area (Å²) in [5.74, 6) is 0.717. The lowest BCUT2D eigenvalue weighted by atomic mass is 9.77. The minimum absolute atomic E-state index is 0.0458. The molecule has 2 atom stereocenters. The highest BCUT2D eigenvalue weighted by Gasteiger charge is 2.48. The Morgan fingerprint density at radius 2 is 2.19 bits per heavy atom. The van der Waals surface area contributed by atoms with Crippen molar-refractivity contribution in [3.05, 3.63) is 59.9 Å². The zero-order chi connectivity index (χ0) is 18.0. The Morgan fingerprint density at radius 3 is 3.00 bits per heavy atom. The van der Waals surface area contributed by atoms with Crippen molar-refractivity contribution < 1.29 is 14.3 Å². The third-order valence-corrected chi connectivity index (χ3v) is 5.27. The molecule has 0 aliphatic carbocycles. The van der Waals surface area contributed by atoms with E-state index in [1.807, 2.05) is 30.5 Å². The first-order valence-electron chi connectivity index (χ1n) is 8.88. The van der Waals surface area contributed by atoms with Gasteiger partial charge in [0.2, 0.25) is 5.91 Å². The van der Waals surface area contributed by atoms with Crippen LogP contribution in [-0.4, -0.2) is 48.7 Å². The standard InChI is InChI=1S/C20H23N3O3/c1-25-17-9-15(10-21-11-17)12-23-8-7-20(16-5-3-2-4-6-16)18(13-23)26-14-19(24)22-20/h2-6,9-11,18H,7-8,12-14H2,1H3,(H,22,24)/t18-,20+/m1/s1. The van der Waals surface area contributed by atoms with Crippen molar-refractivity contribution in [1.29, 1.82) is 0 Å². The number of methoxy groups -OCH3 is 1. The van der Waals surface area contributed by atoms with Gasteiger partial charge in [-0.05, 0) is 23.6 Å². The van der Waals surface area contributed by atoms with Crippen LogP contribution in [0, 0.1) is 0 Å². The first-order chi connectivity index (χ1) is 12.7. The van der Waals surface area contributed by atoms with Crippen LogP contribution in [0.2, 0.25) is 0 Å². The molecule has 2 aliphatic rings. The van der Waals surface area contributed by atoms with Crippen molar-refractivity contribution in [3.8, 4) is 5.75 Å². The van der Waals surface area contributed by atoms with E-state index in [2.05, 4.69) is 27.3 Å². The van der Waals surface area contributed by atoms with Crippen LogP contribution in [0.25, 0.3) is 0 Å². The first-order valence-corrected chi connectivity index (χ1v) is 8.88. The Morgan fingerprint density at radius 1 is 1.35 bits per heavy atom. The van der Waals surface area contributed by atoms with Crippen molar-refractivity contribution in [2.24, 2.45) is 0 Å². The Bertz CT molecular complexity index is 783. The smallest absolute Gasteiger partial charge is 0.246 e. The van der Waals surface area contributed by atoms with Crippen LogP contribution in [0.1, 0.15) is 17.5 Å². The third-order valence-electron chi connectivity index (χ3n) is 5.27. The number of carbonyl (C=O) groups is 1. The van der Waals surface area contributed by atoms with Gasteiger partial charge < -0.3 is 14.8 Å². The molecule has 2 fully saturated rings. The van der Waals surface area contributed by atoms with Gasteiger partial charge in [-0.2, -0.15) is 0 Å². The van der Waals surface area contributed by atoms with Crippen LogP contribution in [0.15, 0.2) is 48.8 Å². The minimum atomic E-state index is -0.445. The number of rotatable bonds is 4. The van der Waals surface area contributed by atoms with Crippen LogP contribution < -0.4 is 10.1 Å². The number of ether oxygens (including phenoxy) is 2. The van der Waals surface area contributed by atoms with E-state index in [9.17, 15) is 4.79 Å². The number of piperidine rings is 1. The van der Waals surface area contributed by atoms with Crippen molar-refractivity contribution >= 4 is 5.91 Å². The molecule has 0 unspecified atom stereocenters. The molecule has 6 nitrogen and oxygen atoms in total. The van der Waals surface area contributed by atoms with Gasteiger partial charge in [0.05, 0.1) is 24.9 Å². The minimum Gasteiger partial charge on any atom is -0.495 e. The summed E-state index contributed by atoms with van der Waals surface area (Å²) in [5, 5.41) is 3.23. The van der Waals surface area contributed by atoms with Crippen molar-refractivity contribution in [1.82, 2.24) is 15.2 Å². The van der Waals surface area contributed by atoms with E-state index >= 15 is 0 Å². The van der Waals surface area contributed by atoms with Gasteiger partial charge in [-0.15, -0.1) is 0 Å². The number of amides is 1. The number of benzene rings is 1. The summed E-state index contributed by atoms with van der Waals surface area (Å²) in [6.45, 7) is 2.52. The second-order valence-electron chi connectivity index (χ2n) is 6.90. The molecular weight excluding hydrogens is 330 g/mol. The number of likely N-dealkylation sites (tertiary alicyclic amines) is 1. The van der Waals surface area contributed by atoms with E-state index in [0.717, 1.165) is 42.9 Å². The molecule has 1 aromatic heterocycles. The number of pyridine rings is 1. The lowest BCUT2D eigenvalue weighted by molar-refractivity contribution is -0.152. The largest absolute Gasteiger partial charge is 0.495 e. The van der Waals surface area contributed by atoms with Crippen LogP contribution in [0.3, 0.4) is 0 Å². The van der Waals surface area contributed by atoms with E-state index in [4.69, 9.17) is 9.47 Å². The summed E-state index contributed by atoms with van der Waals surface area (Å²) in [6.07, 6.45) is 4.31. The summed E-state index contributed by atoms with van der Waals surface area (Å²) < 4.78 is 11.2. The number of nitrogens with zero attached hydrogens (tertiary/aromatic N) is 2. The number of aromatic nitrogens is 1. The van der Waals surface area contributed by atoms with Gasteiger partial charge in [-0.25, -0.2) is 0 Å². The Kier molecular flexibility index (Phi) is 4.61. The van der Waals surface area contributed by atoms with Crippen molar-refractivity contribution in [2.45, 2.75) is 24.6 Å². The number of hydrogen-bond donors (Lipinski definition) is 1. The molecule has 0 radical (unpaired) electrons. The molecule has 1 amide bonds. The van der Waals surface area contributed by atoms with E-state index in [0.29, 0.717) is 0 Å². The molecular formula is C20H23N3O3. The van der Waals surface area contributed by atoms with E-state index < -0.39 is 5.54 Å². The number of carbonyl (C=O) groups excluding carboxylic acids is 1. The summed E-state index contributed by atoms with van der Waals surface area (Å²) >= 11 is 0. The molecule has 2 aromatic rings. The maximum Gasteiger partial charge on any atom is 0.246 e. The fourth-order valence-corrected chi connectivity index (χ4v) is 3.98. The number of morpholine rings is 1. The SMILES string of the molecule is COc1cncc(CN2CC[C@@]3(c4ccccc4)NC(=O)CO[C@@H]3C2)c1. The molecule has 1 aromatic carbocycles. The maximum absolute atomic E-state index is 12.1. The summed E-state index contributed by atoms with van der Waals surface area (Å²) in [6, 6.07) is 12.2. The van der Waals surface area contributed by atoms with Gasteiger partial charge in [0.1, 0.15) is 12.4 Å². The lowest BCUT2D eigenvalue weighted by Gasteiger charge is -2.50. The first kappa shape index (κ1) is 17.0. The molecule has 1 N–H and O–H groups in total. The molecule has 0 spiro atoms. The second-order valence-corrected chi connectivity index (χ2v) is 6.90. The molecule has 4 rings (SSSR count). The zero-order valence-corrected chi connectivity index (χ0v) is 14.9. The molecule has 0 bridgehead atoms. The molecule has 136 valence electrons. The molecule has 2 saturated heterocycles. The monoisotopic (exact) mass is 353 g/mol. The molecule has 6 heteroatoms. The summed E-state index contributed by atoms with van der Waals surface area (Å²) in [4.78, 5) is 18.6. The van der Waals surface area contributed by atoms with Gasteiger partial charge in [0.15, 0.2) is 0 Å². The van der Waals surface area contributed by atoms with Crippen LogP contribution in [0.5, 0.6) is 5.75 Å². The average molecular weight is 353 g/mol. The highest BCUT2D eigenvalue weighted by molar-refractivity contribution is 5.79. The van der Waals surface area contributed by atoms with Crippen LogP contribution in [-0.2, 0) is 21.6 Å². The Hall–Kier alpha value is -2.44. The van der Waals surface area contributed by atoms with Gasteiger partial charge in [-0.3, -0.25) is 14.7 Å². The molecule has 0 saturated carbocycles. The maximum atomic E-state index is 12.1. The quantitative estimate of drug-likeness (QED) is 0.907. The van der Waals surface area contributed by atoms with Crippen LogP contribution >= 0.6 is 0 Å². The van der Waals surface area contributed by atoms with Crippen LogP contribution in [0.4, 0.5) is 0 Å². The summed E-state index contributed by atoms with van der Waals surface area (Å²) in [5.41, 5.74) is 1.77. The fraction of sp³-hybridized carbons (Fsp3) is 0.400. The number of fused-ring (bicyclic) bond motifs is 1. The average Bonchev–Trinajstić information content (AvgIpc) is 2.69. The number of hydrogen-bond acceptors (Lipinski definition) is 5. The fourth-order valence-electron chi connectivity index (χ4n) is 3.98. The predicted molar refractivity (Wildman–Crippen MR) is 96.7 cm³/mol. The van der Waals surface area contributed by atoms with Crippen molar-refractivity contribution in [2.75, 3.05) is 26.8 Å². The van der Waals surface area contributed by atoms with E-state index in [-0.39, 0.29) is 18.6 Å². The van der Waals surface area contributed by atoms with E-state index in [1.54, 1.807) is 13.3 Å². The molecule has 3 heterocycles. The molecule has 2 aliphatic heterocycles. The highest BCUT2D eigenvalue weighted by Crippen LogP contribution is 2.37. The normalized spacial score (nSPS) is 26.0. The Labute approximate surface area is 153 Å². The second kappa shape index (κ2) is 7.05. The summed E-state index contributed by atoms with van der Waals surface area (Å²) in [7, 11) is 1.65. The van der Waals surface area contributed by atoms with E-state index in [1.165, 1.54) is 0 Å². The van der Waals surface area contributed by atoms with Gasteiger partial charge in [0.25, 0.3) is 0 Å². The van der Waals surface area contributed by atoms with Crippen molar-refractivity contribution in [3.63, 3.8) is 0 Å². The van der Waals surface area contributed by atoms with Gasteiger partial charge in [0, 0.05) is 25.8 Å². The zero-order valence-electron chi connectivity index (χ0n) is 14.9.